The van der Waals surface area contributed by atoms with Crippen molar-refractivity contribution in [2.45, 2.75) is 16.7 Å². The predicted molar refractivity (Wildman–Crippen MR) is 72.0 cm³/mol. The van der Waals surface area contributed by atoms with Gasteiger partial charge in [-0.3, -0.25) is 8.42 Å². The summed E-state index contributed by atoms with van der Waals surface area (Å²) in [6, 6.07) is 14.9. The third-order valence-electron chi connectivity index (χ3n) is 2.15. The van der Waals surface area contributed by atoms with Crippen molar-refractivity contribution in [3.63, 3.8) is 0 Å². The number of aryl methyl sites for hydroxylation is 1. The van der Waals surface area contributed by atoms with Crippen LogP contribution >= 0.6 is 0 Å². The molecule has 2 atom stereocenters. The standard InChI is InChI=1S/C7H8O2S.C6H6O2S.Li.Na/c1-6-2-4-7(5-3-6)10(8)9;7-9(8)6-4-2-1-3-5-6;;/h2-5H,1H3,(H,8,9);1-5H,(H,7,8);;/q;;2*+1/p-2. The average molecular weight is 326 g/mol. The van der Waals surface area contributed by atoms with Crippen LogP contribution in [0.2, 0.25) is 0 Å². The van der Waals surface area contributed by atoms with Crippen molar-refractivity contribution in [3.8, 4) is 0 Å². The maximum atomic E-state index is 10.3. The minimum Gasteiger partial charge on any atom is -0.768 e. The Bertz CT molecular complexity index is 564. The normalized spacial score (nSPS) is 11.8. The zero-order valence-electron chi connectivity index (χ0n) is 12.1. The number of benzene rings is 2. The smallest absolute Gasteiger partial charge is 0.768 e. The minimum atomic E-state index is -2.09. The summed E-state index contributed by atoms with van der Waals surface area (Å²) >= 11 is -4.17. The molecule has 0 saturated carbocycles. The first-order chi connectivity index (χ1) is 9.00. The second-order valence-electron chi connectivity index (χ2n) is 3.60. The van der Waals surface area contributed by atoms with Crippen LogP contribution in [0.4, 0.5) is 0 Å². The summed E-state index contributed by atoms with van der Waals surface area (Å²) in [5.41, 5.74) is 1.06. The van der Waals surface area contributed by atoms with Crippen molar-refractivity contribution in [3.05, 3.63) is 60.2 Å². The molecule has 2 aromatic rings. The SMILES string of the molecule is Cc1ccc(S(=O)[O-])cc1.O=S([O-])c1ccccc1.[Li+].[Na+]. The topological polar surface area (TPSA) is 80.3 Å². The van der Waals surface area contributed by atoms with Gasteiger partial charge in [-0.05, 0) is 53.4 Å². The van der Waals surface area contributed by atoms with Crippen molar-refractivity contribution in [1.82, 2.24) is 0 Å². The molecule has 0 bridgehead atoms. The molecule has 21 heavy (non-hydrogen) atoms. The molecule has 0 aliphatic carbocycles. The van der Waals surface area contributed by atoms with E-state index in [1.807, 2.05) is 6.92 Å². The molecule has 0 spiro atoms. The Morgan fingerprint density at radius 2 is 1.14 bits per heavy atom. The Morgan fingerprint density at radius 1 is 0.762 bits per heavy atom. The number of hydrogen-bond acceptors (Lipinski definition) is 4. The maximum absolute atomic E-state index is 10.3. The zero-order chi connectivity index (χ0) is 14.3. The van der Waals surface area contributed by atoms with E-state index in [0.29, 0.717) is 9.79 Å². The van der Waals surface area contributed by atoms with Crippen LogP contribution in [-0.2, 0) is 22.2 Å². The molecule has 102 valence electrons. The first kappa shape index (κ1) is 23.5. The fourth-order valence-electron chi connectivity index (χ4n) is 1.18. The van der Waals surface area contributed by atoms with E-state index in [0.717, 1.165) is 5.56 Å². The third kappa shape index (κ3) is 9.79. The molecule has 0 saturated heterocycles. The average Bonchev–Trinajstić information content (AvgIpc) is 2.41. The summed E-state index contributed by atoms with van der Waals surface area (Å²) in [7, 11) is 0. The van der Waals surface area contributed by atoms with Gasteiger partial charge in [0.05, 0.1) is 0 Å². The second-order valence-corrected chi connectivity index (χ2v) is 5.48. The van der Waals surface area contributed by atoms with Crippen molar-refractivity contribution < 1.29 is 65.9 Å². The molecule has 0 radical (unpaired) electrons. The summed E-state index contributed by atoms with van der Waals surface area (Å²) in [6.45, 7) is 1.91. The van der Waals surface area contributed by atoms with Crippen molar-refractivity contribution in [2.75, 3.05) is 0 Å². The van der Waals surface area contributed by atoms with Crippen LogP contribution in [-0.4, -0.2) is 17.5 Å². The van der Waals surface area contributed by atoms with Crippen LogP contribution in [0.3, 0.4) is 0 Å². The summed E-state index contributed by atoms with van der Waals surface area (Å²) in [6.07, 6.45) is 0. The van der Waals surface area contributed by atoms with Gasteiger partial charge >= 0.3 is 48.4 Å². The van der Waals surface area contributed by atoms with Crippen LogP contribution in [0.1, 0.15) is 5.56 Å². The molecule has 0 aromatic heterocycles. The fraction of sp³-hybridized carbons (Fsp3) is 0.0769. The van der Waals surface area contributed by atoms with Crippen molar-refractivity contribution in [1.29, 1.82) is 0 Å². The van der Waals surface area contributed by atoms with Gasteiger partial charge in [-0.2, -0.15) is 0 Å². The Balaban J connectivity index is 0. The molecule has 8 heteroatoms. The molecule has 4 nitrogen and oxygen atoms in total. The van der Waals surface area contributed by atoms with E-state index in [-0.39, 0.29) is 48.4 Å². The van der Waals surface area contributed by atoms with E-state index >= 15 is 0 Å². The van der Waals surface area contributed by atoms with Gasteiger partial charge in [-0.1, -0.05) is 35.9 Å². The van der Waals surface area contributed by atoms with E-state index in [4.69, 9.17) is 0 Å². The monoisotopic (exact) mass is 326 g/mol. The maximum Gasteiger partial charge on any atom is 1.00 e. The molecule has 0 amide bonds. The van der Waals surface area contributed by atoms with Gasteiger partial charge in [0, 0.05) is 9.79 Å². The molecule has 0 aliphatic heterocycles. The van der Waals surface area contributed by atoms with Crippen LogP contribution in [0.5, 0.6) is 0 Å². The molecular weight excluding hydrogens is 314 g/mol. The Morgan fingerprint density at radius 3 is 1.48 bits per heavy atom. The predicted octanol–water partition coefficient (Wildman–Crippen LogP) is -3.83. The van der Waals surface area contributed by atoms with E-state index in [2.05, 4.69) is 0 Å². The van der Waals surface area contributed by atoms with E-state index < -0.39 is 22.2 Å². The molecule has 0 heterocycles. The van der Waals surface area contributed by atoms with Crippen molar-refractivity contribution >= 4 is 22.2 Å². The molecular formula is C13H12LiNaO4S2. The van der Waals surface area contributed by atoms with E-state index in [1.165, 1.54) is 0 Å². The van der Waals surface area contributed by atoms with Crippen LogP contribution < -0.4 is 48.4 Å². The first-order valence-electron chi connectivity index (χ1n) is 5.31. The largest absolute Gasteiger partial charge is 1.00 e. The van der Waals surface area contributed by atoms with Gasteiger partial charge in [0.2, 0.25) is 0 Å². The summed E-state index contributed by atoms with van der Waals surface area (Å²) in [5, 5.41) is 0. The molecule has 2 unspecified atom stereocenters. The Hall–Kier alpha value is 0.257. The van der Waals surface area contributed by atoms with Gasteiger partial charge < -0.3 is 9.11 Å². The summed E-state index contributed by atoms with van der Waals surface area (Å²) < 4.78 is 41.0. The van der Waals surface area contributed by atoms with Gasteiger partial charge in [-0.25, -0.2) is 0 Å². The van der Waals surface area contributed by atoms with E-state index in [9.17, 15) is 17.5 Å². The number of hydrogen-bond donors (Lipinski definition) is 0. The molecule has 2 rings (SSSR count). The van der Waals surface area contributed by atoms with E-state index in [1.54, 1.807) is 54.6 Å². The summed E-state index contributed by atoms with van der Waals surface area (Å²) in [4.78, 5) is 0.670. The minimum absolute atomic E-state index is 0. The van der Waals surface area contributed by atoms with Gasteiger partial charge in [0.1, 0.15) is 0 Å². The first-order valence-corrected chi connectivity index (χ1v) is 7.46. The van der Waals surface area contributed by atoms with Gasteiger partial charge in [-0.15, -0.1) is 0 Å². The van der Waals surface area contributed by atoms with Crippen LogP contribution in [0.15, 0.2) is 64.4 Å². The molecule has 0 aliphatic rings. The summed E-state index contributed by atoms with van der Waals surface area (Å²) in [5.74, 6) is 0. The second kappa shape index (κ2) is 12.8. The van der Waals surface area contributed by atoms with Crippen molar-refractivity contribution in [2.24, 2.45) is 0 Å². The Labute approximate surface area is 163 Å². The third-order valence-corrected chi connectivity index (χ3v) is 3.46. The van der Waals surface area contributed by atoms with Gasteiger partial charge in [0.15, 0.2) is 0 Å². The number of rotatable bonds is 2. The quantitative estimate of drug-likeness (QED) is 0.418. The molecule has 2 aromatic carbocycles. The molecule has 0 N–H and O–H groups in total. The Kier molecular flexibility index (Phi) is 14.3. The van der Waals surface area contributed by atoms with Crippen LogP contribution in [0.25, 0.3) is 0 Å². The fourth-order valence-corrected chi connectivity index (χ4v) is 1.92. The molecule has 0 fully saturated rings. The van der Waals surface area contributed by atoms with Crippen LogP contribution in [0, 0.1) is 6.92 Å². The van der Waals surface area contributed by atoms with Gasteiger partial charge in [0.25, 0.3) is 0 Å². The zero-order valence-corrected chi connectivity index (χ0v) is 15.8.